The van der Waals surface area contributed by atoms with E-state index in [1.165, 1.54) is 0 Å². The first-order chi connectivity index (χ1) is 8.69. The molecule has 0 aromatic heterocycles. The van der Waals surface area contributed by atoms with Crippen LogP contribution in [0, 0.1) is 10.1 Å². The van der Waals surface area contributed by atoms with Gasteiger partial charge in [-0.15, -0.1) is 0 Å². The van der Waals surface area contributed by atoms with Crippen LogP contribution in [0.2, 0.25) is 0 Å². The van der Waals surface area contributed by atoms with Gasteiger partial charge in [0, 0.05) is 4.92 Å². The first-order valence-electron chi connectivity index (χ1n) is 6.04. The molecule has 0 amide bonds. The zero-order chi connectivity index (χ0) is 13.4. The molecule has 1 rings (SSSR count). The molecule has 1 aromatic carbocycles. The van der Waals surface area contributed by atoms with Gasteiger partial charge in [0.1, 0.15) is 6.29 Å². The highest BCUT2D eigenvalue weighted by atomic mass is 16.6. The Kier molecular flexibility index (Phi) is 6.00. The number of carbonyl (C=O) groups excluding carboxylic acids is 1. The van der Waals surface area contributed by atoms with Gasteiger partial charge in [-0.1, -0.05) is 37.3 Å². The van der Waals surface area contributed by atoms with Crippen LogP contribution in [-0.4, -0.2) is 30.3 Å². The Hall–Kier alpha value is -1.75. The molecule has 18 heavy (non-hydrogen) atoms. The smallest absolute Gasteiger partial charge is 0.212 e. The Morgan fingerprint density at radius 1 is 1.39 bits per heavy atom. The van der Waals surface area contributed by atoms with E-state index in [1.807, 2.05) is 37.3 Å². The van der Waals surface area contributed by atoms with Crippen molar-refractivity contribution in [3.8, 4) is 0 Å². The number of rotatable bonds is 8. The van der Waals surface area contributed by atoms with Crippen LogP contribution in [0.25, 0.3) is 0 Å². The molecule has 2 atom stereocenters. The number of nitrogens with one attached hydrogen (secondary N) is 1. The van der Waals surface area contributed by atoms with E-state index >= 15 is 0 Å². The van der Waals surface area contributed by atoms with Gasteiger partial charge < -0.3 is 10.1 Å². The monoisotopic (exact) mass is 250 g/mol. The molecule has 5 nitrogen and oxygen atoms in total. The molecule has 0 radical (unpaired) electrons. The molecule has 0 fully saturated rings. The minimum Gasteiger partial charge on any atom is -0.307 e. The third kappa shape index (κ3) is 4.25. The predicted octanol–water partition coefficient (Wildman–Crippen LogP) is 1.61. The summed E-state index contributed by atoms with van der Waals surface area (Å²) >= 11 is 0. The zero-order valence-electron chi connectivity index (χ0n) is 10.4. The van der Waals surface area contributed by atoms with Crippen molar-refractivity contribution in [1.29, 1.82) is 0 Å². The van der Waals surface area contributed by atoms with Gasteiger partial charge >= 0.3 is 0 Å². The Labute approximate surface area is 106 Å². The van der Waals surface area contributed by atoms with Gasteiger partial charge in [-0.05, 0) is 18.5 Å². The lowest BCUT2D eigenvalue weighted by molar-refractivity contribution is -0.483. The summed E-state index contributed by atoms with van der Waals surface area (Å²) in [4.78, 5) is 21.5. The summed E-state index contributed by atoms with van der Waals surface area (Å²) in [7, 11) is 0. The summed E-state index contributed by atoms with van der Waals surface area (Å²) < 4.78 is 0. The molecule has 0 spiro atoms. The summed E-state index contributed by atoms with van der Waals surface area (Å²) in [5.74, 6) is -0.426. The van der Waals surface area contributed by atoms with Gasteiger partial charge in [-0.3, -0.25) is 10.1 Å². The number of hydrogen-bond acceptors (Lipinski definition) is 4. The van der Waals surface area contributed by atoms with Crippen molar-refractivity contribution in [1.82, 2.24) is 5.32 Å². The number of nitro groups is 1. The normalized spacial score (nSPS) is 13.8. The van der Waals surface area contributed by atoms with Crippen LogP contribution >= 0.6 is 0 Å². The van der Waals surface area contributed by atoms with E-state index in [9.17, 15) is 14.9 Å². The molecule has 1 aromatic rings. The first kappa shape index (κ1) is 14.3. The Morgan fingerprint density at radius 3 is 2.56 bits per heavy atom. The molecule has 1 N–H and O–H groups in total. The fourth-order valence-electron chi connectivity index (χ4n) is 1.88. The van der Waals surface area contributed by atoms with Crippen LogP contribution in [0.4, 0.5) is 0 Å². The number of hydrogen-bond donors (Lipinski definition) is 1. The zero-order valence-corrected chi connectivity index (χ0v) is 10.4. The maximum absolute atomic E-state index is 11.1. The number of benzene rings is 1. The molecule has 0 bridgehead atoms. The molecule has 0 saturated heterocycles. The quantitative estimate of drug-likeness (QED) is 0.432. The molecule has 0 aliphatic heterocycles. The fraction of sp³-hybridized carbons (Fsp3) is 0.462. The van der Waals surface area contributed by atoms with Gasteiger partial charge in [-0.25, -0.2) is 0 Å². The lowest BCUT2D eigenvalue weighted by atomic mass is 9.92. The van der Waals surface area contributed by atoms with Gasteiger partial charge in [0.25, 0.3) is 0 Å². The second kappa shape index (κ2) is 7.55. The molecule has 0 aliphatic carbocycles. The standard InChI is InChI=1S/C13H18N2O3/c1-2-8-14-13(10-16)12(9-15(17)18)11-6-4-3-5-7-11/h3-7,10,12-14H,2,8-9H2,1H3/t12-,13+/m1/s1. The Morgan fingerprint density at radius 2 is 2.06 bits per heavy atom. The maximum atomic E-state index is 11.1. The van der Waals surface area contributed by atoms with E-state index < -0.39 is 12.0 Å². The van der Waals surface area contributed by atoms with Crippen molar-refractivity contribution >= 4 is 6.29 Å². The summed E-state index contributed by atoms with van der Waals surface area (Å²) in [5, 5.41) is 13.8. The van der Waals surface area contributed by atoms with Crippen molar-refractivity contribution in [3.63, 3.8) is 0 Å². The third-order valence-corrected chi connectivity index (χ3v) is 2.78. The van der Waals surface area contributed by atoms with Gasteiger partial charge in [0.05, 0.1) is 12.0 Å². The topological polar surface area (TPSA) is 72.2 Å². The molecule has 98 valence electrons. The highest BCUT2D eigenvalue weighted by Gasteiger charge is 2.26. The van der Waals surface area contributed by atoms with Gasteiger partial charge in [0.2, 0.25) is 6.54 Å². The second-order valence-electron chi connectivity index (χ2n) is 4.15. The van der Waals surface area contributed by atoms with Crippen LogP contribution in [0.3, 0.4) is 0 Å². The molecule has 0 saturated carbocycles. The van der Waals surface area contributed by atoms with E-state index in [2.05, 4.69) is 5.32 Å². The highest BCUT2D eigenvalue weighted by Crippen LogP contribution is 2.19. The van der Waals surface area contributed by atoms with E-state index in [4.69, 9.17) is 0 Å². The average Bonchev–Trinajstić information content (AvgIpc) is 2.39. The van der Waals surface area contributed by atoms with E-state index in [1.54, 1.807) is 0 Å². The van der Waals surface area contributed by atoms with Gasteiger partial charge in [0.15, 0.2) is 0 Å². The van der Waals surface area contributed by atoms with Crippen LogP contribution in [-0.2, 0) is 4.79 Å². The first-order valence-corrected chi connectivity index (χ1v) is 6.04. The Bertz CT molecular complexity index is 381. The fourth-order valence-corrected chi connectivity index (χ4v) is 1.88. The van der Waals surface area contributed by atoms with E-state index in [0.29, 0.717) is 6.54 Å². The number of carbonyl (C=O) groups is 1. The molecule has 5 heteroatoms. The summed E-state index contributed by atoms with van der Waals surface area (Å²) in [6, 6.07) is 8.62. The van der Waals surface area contributed by atoms with Crippen molar-refractivity contribution in [3.05, 3.63) is 46.0 Å². The molecule has 0 unspecified atom stereocenters. The predicted molar refractivity (Wildman–Crippen MR) is 69.2 cm³/mol. The number of aldehydes is 1. The summed E-state index contributed by atoms with van der Waals surface area (Å²) in [5.41, 5.74) is 0.815. The van der Waals surface area contributed by atoms with Crippen LogP contribution < -0.4 is 5.32 Å². The molecular formula is C13H18N2O3. The van der Waals surface area contributed by atoms with Crippen LogP contribution in [0.1, 0.15) is 24.8 Å². The highest BCUT2D eigenvalue weighted by molar-refractivity contribution is 5.60. The van der Waals surface area contributed by atoms with E-state index in [0.717, 1.165) is 18.3 Å². The molecule has 0 heterocycles. The Balaban J connectivity index is 2.88. The largest absolute Gasteiger partial charge is 0.307 e. The van der Waals surface area contributed by atoms with Crippen molar-refractivity contribution in [2.75, 3.05) is 13.1 Å². The summed E-state index contributed by atoms with van der Waals surface area (Å²) in [6.07, 6.45) is 1.64. The minimum atomic E-state index is -0.516. The SMILES string of the molecule is CCCN[C@@H](C=O)[C@H](C[N+](=O)[O-])c1ccccc1. The molecular weight excluding hydrogens is 232 g/mol. The van der Waals surface area contributed by atoms with Crippen LogP contribution in [0.5, 0.6) is 0 Å². The lowest BCUT2D eigenvalue weighted by Crippen LogP contribution is -2.39. The second-order valence-corrected chi connectivity index (χ2v) is 4.15. The van der Waals surface area contributed by atoms with Crippen molar-refractivity contribution in [2.24, 2.45) is 0 Å². The van der Waals surface area contributed by atoms with Crippen LogP contribution in [0.15, 0.2) is 30.3 Å². The maximum Gasteiger partial charge on any atom is 0.212 e. The van der Waals surface area contributed by atoms with E-state index in [-0.39, 0.29) is 11.5 Å². The van der Waals surface area contributed by atoms with Crippen molar-refractivity contribution in [2.45, 2.75) is 25.3 Å². The lowest BCUT2D eigenvalue weighted by Gasteiger charge is -2.21. The summed E-state index contributed by atoms with van der Waals surface area (Å²) in [6.45, 7) is 2.41. The molecule has 0 aliphatic rings. The van der Waals surface area contributed by atoms with Gasteiger partial charge in [-0.2, -0.15) is 0 Å². The average molecular weight is 250 g/mol. The number of nitrogens with zero attached hydrogens (tertiary/aromatic N) is 1. The van der Waals surface area contributed by atoms with Crippen molar-refractivity contribution < 1.29 is 9.72 Å². The third-order valence-electron chi connectivity index (χ3n) is 2.78. The minimum absolute atomic E-state index is 0.246.